The second-order valence-electron chi connectivity index (χ2n) is 5.69. The molecule has 1 aliphatic rings. The van der Waals surface area contributed by atoms with E-state index < -0.39 is 0 Å². The summed E-state index contributed by atoms with van der Waals surface area (Å²) in [6, 6.07) is 8.23. The Balaban J connectivity index is 1.66. The Hall–Kier alpha value is -1.06. The van der Waals surface area contributed by atoms with Crippen LogP contribution < -0.4 is 11.1 Å². The lowest BCUT2D eigenvalue weighted by Crippen LogP contribution is -2.28. The van der Waals surface area contributed by atoms with Gasteiger partial charge in [-0.15, -0.1) is 0 Å². The van der Waals surface area contributed by atoms with Gasteiger partial charge in [0.25, 0.3) is 0 Å². The molecule has 0 spiro atoms. The Morgan fingerprint density at radius 1 is 1.37 bits per heavy atom. The maximum absolute atomic E-state index is 5.71. The lowest BCUT2D eigenvalue weighted by atomic mass is 9.97. The molecule has 0 aromatic heterocycles. The van der Waals surface area contributed by atoms with E-state index in [4.69, 9.17) is 10.5 Å². The van der Waals surface area contributed by atoms with Crippen molar-refractivity contribution >= 4 is 5.69 Å². The van der Waals surface area contributed by atoms with Gasteiger partial charge in [0.05, 0.1) is 6.10 Å². The quantitative estimate of drug-likeness (QED) is 0.612. The highest BCUT2D eigenvalue weighted by molar-refractivity contribution is 5.40. The van der Waals surface area contributed by atoms with E-state index in [0.29, 0.717) is 17.9 Å². The molecule has 0 aliphatic carbocycles. The van der Waals surface area contributed by atoms with Crippen LogP contribution in [0.2, 0.25) is 0 Å². The van der Waals surface area contributed by atoms with Crippen LogP contribution in [0.1, 0.15) is 38.2 Å². The first-order valence-corrected chi connectivity index (χ1v) is 7.34. The summed E-state index contributed by atoms with van der Waals surface area (Å²) in [5, 5.41) is 3.57. The van der Waals surface area contributed by atoms with Crippen LogP contribution in [0.4, 0.5) is 5.69 Å². The summed E-state index contributed by atoms with van der Waals surface area (Å²) >= 11 is 0. The van der Waals surface area contributed by atoms with Crippen LogP contribution in [0.15, 0.2) is 24.3 Å². The molecule has 1 fully saturated rings. The van der Waals surface area contributed by atoms with E-state index in [1.165, 1.54) is 12.0 Å². The standard InChI is InChI=1S/C16H26N2O/c1-12(14-3-5-16(17)6-4-14)7-9-18-11-15-8-10-19-13(15)2/h3-6,12-13,15,18H,7-11,17H2,1-2H3. The van der Waals surface area contributed by atoms with Gasteiger partial charge in [-0.25, -0.2) is 0 Å². The molecular formula is C16H26N2O. The lowest BCUT2D eigenvalue weighted by Gasteiger charge is -2.16. The zero-order valence-corrected chi connectivity index (χ0v) is 12.1. The molecule has 3 atom stereocenters. The molecular weight excluding hydrogens is 236 g/mol. The fourth-order valence-electron chi connectivity index (χ4n) is 2.64. The Labute approximate surface area is 116 Å². The molecule has 0 bridgehead atoms. The highest BCUT2D eigenvalue weighted by atomic mass is 16.5. The van der Waals surface area contributed by atoms with Crippen molar-refractivity contribution in [3.63, 3.8) is 0 Å². The lowest BCUT2D eigenvalue weighted by molar-refractivity contribution is 0.105. The molecule has 0 amide bonds. The number of benzene rings is 1. The molecule has 0 saturated carbocycles. The number of nitrogens with two attached hydrogens (primary N) is 1. The molecule has 1 saturated heterocycles. The first kappa shape index (κ1) is 14.4. The Kier molecular flexibility index (Phi) is 5.23. The van der Waals surface area contributed by atoms with Gasteiger partial charge in [0.15, 0.2) is 0 Å². The van der Waals surface area contributed by atoms with Gasteiger partial charge in [-0.3, -0.25) is 0 Å². The molecule has 1 heterocycles. The van der Waals surface area contributed by atoms with Crippen molar-refractivity contribution in [2.24, 2.45) is 5.92 Å². The van der Waals surface area contributed by atoms with Crippen molar-refractivity contribution in [3.8, 4) is 0 Å². The molecule has 1 aliphatic heterocycles. The smallest absolute Gasteiger partial charge is 0.0588 e. The highest BCUT2D eigenvalue weighted by Crippen LogP contribution is 2.21. The summed E-state index contributed by atoms with van der Waals surface area (Å²) in [7, 11) is 0. The minimum absolute atomic E-state index is 0.419. The van der Waals surface area contributed by atoms with Gasteiger partial charge in [0.1, 0.15) is 0 Å². The van der Waals surface area contributed by atoms with E-state index in [9.17, 15) is 0 Å². The second kappa shape index (κ2) is 6.92. The van der Waals surface area contributed by atoms with Gasteiger partial charge in [0.2, 0.25) is 0 Å². The van der Waals surface area contributed by atoms with E-state index >= 15 is 0 Å². The van der Waals surface area contributed by atoms with E-state index in [1.54, 1.807) is 0 Å². The first-order valence-electron chi connectivity index (χ1n) is 7.34. The van der Waals surface area contributed by atoms with Crippen molar-refractivity contribution in [2.75, 3.05) is 25.4 Å². The van der Waals surface area contributed by atoms with Gasteiger partial charge in [-0.1, -0.05) is 19.1 Å². The van der Waals surface area contributed by atoms with E-state index in [-0.39, 0.29) is 0 Å². The zero-order valence-electron chi connectivity index (χ0n) is 12.1. The van der Waals surface area contributed by atoms with Crippen molar-refractivity contribution in [1.29, 1.82) is 0 Å². The van der Waals surface area contributed by atoms with Crippen LogP contribution in [0.5, 0.6) is 0 Å². The molecule has 0 radical (unpaired) electrons. The minimum atomic E-state index is 0.419. The summed E-state index contributed by atoms with van der Waals surface area (Å²) in [5.74, 6) is 1.26. The first-order chi connectivity index (χ1) is 9.16. The molecule has 106 valence electrons. The normalized spacial score (nSPS) is 24.5. The van der Waals surface area contributed by atoms with E-state index in [2.05, 4.69) is 31.3 Å². The third kappa shape index (κ3) is 4.22. The summed E-state index contributed by atoms with van der Waals surface area (Å²) in [6.45, 7) is 7.52. The summed E-state index contributed by atoms with van der Waals surface area (Å²) in [6.07, 6.45) is 2.77. The van der Waals surface area contributed by atoms with Crippen molar-refractivity contribution < 1.29 is 4.74 Å². The maximum atomic E-state index is 5.71. The van der Waals surface area contributed by atoms with Gasteiger partial charge in [-0.05, 0) is 55.8 Å². The molecule has 2 rings (SSSR count). The second-order valence-corrected chi connectivity index (χ2v) is 5.69. The van der Waals surface area contributed by atoms with Crippen LogP contribution in [0.25, 0.3) is 0 Å². The SMILES string of the molecule is CC(CCNCC1CCOC1C)c1ccc(N)cc1. The predicted molar refractivity (Wildman–Crippen MR) is 80.3 cm³/mol. The number of nitrogen functional groups attached to an aromatic ring is 1. The van der Waals surface area contributed by atoms with Gasteiger partial charge in [-0.2, -0.15) is 0 Å². The van der Waals surface area contributed by atoms with Crippen LogP contribution in [0, 0.1) is 5.92 Å². The number of ether oxygens (including phenoxy) is 1. The van der Waals surface area contributed by atoms with Gasteiger partial charge < -0.3 is 15.8 Å². The number of hydrogen-bond acceptors (Lipinski definition) is 3. The third-order valence-corrected chi connectivity index (χ3v) is 4.20. The Bertz CT molecular complexity index is 377. The predicted octanol–water partition coefficient (Wildman–Crippen LogP) is 2.78. The maximum Gasteiger partial charge on any atom is 0.0588 e. The molecule has 1 aromatic rings. The number of nitrogens with one attached hydrogen (secondary N) is 1. The van der Waals surface area contributed by atoms with Crippen LogP contribution >= 0.6 is 0 Å². The Morgan fingerprint density at radius 3 is 2.74 bits per heavy atom. The molecule has 3 nitrogen and oxygen atoms in total. The number of hydrogen-bond donors (Lipinski definition) is 2. The average molecular weight is 262 g/mol. The molecule has 3 unspecified atom stereocenters. The number of rotatable bonds is 6. The molecule has 1 aromatic carbocycles. The zero-order chi connectivity index (χ0) is 13.7. The topological polar surface area (TPSA) is 47.3 Å². The Morgan fingerprint density at radius 2 is 2.11 bits per heavy atom. The largest absolute Gasteiger partial charge is 0.399 e. The van der Waals surface area contributed by atoms with E-state index in [0.717, 1.165) is 31.8 Å². The summed E-state index contributed by atoms with van der Waals surface area (Å²) in [4.78, 5) is 0. The highest BCUT2D eigenvalue weighted by Gasteiger charge is 2.23. The van der Waals surface area contributed by atoms with E-state index in [1.807, 2.05) is 12.1 Å². The molecule has 3 heteroatoms. The third-order valence-electron chi connectivity index (χ3n) is 4.20. The summed E-state index contributed by atoms with van der Waals surface area (Å²) < 4.78 is 5.57. The minimum Gasteiger partial charge on any atom is -0.399 e. The fraction of sp³-hybridized carbons (Fsp3) is 0.625. The van der Waals surface area contributed by atoms with Crippen LogP contribution in [-0.4, -0.2) is 25.8 Å². The molecule has 19 heavy (non-hydrogen) atoms. The van der Waals surface area contributed by atoms with Crippen molar-refractivity contribution in [3.05, 3.63) is 29.8 Å². The van der Waals surface area contributed by atoms with Crippen molar-refractivity contribution in [1.82, 2.24) is 5.32 Å². The van der Waals surface area contributed by atoms with Gasteiger partial charge >= 0.3 is 0 Å². The fourth-order valence-corrected chi connectivity index (χ4v) is 2.64. The average Bonchev–Trinajstić information content (AvgIpc) is 2.81. The monoisotopic (exact) mass is 262 g/mol. The summed E-state index contributed by atoms with van der Waals surface area (Å²) in [5.41, 5.74) is 7.91. The molecule has 3 N–H and O–H groups in total. The van der Waals surface area contributed by atoms with Gasteiger partial charge in [0, 0.05) is 18.8 Å². The van der Waals surface area contributed by atoms with Crippen LogP contribution in [0.3, 0.4) is 0 Å². The number of anilines is 1. The van der Waals surface area contributed by atoms with Crippen molar-refractivity contribution in [2.45, 2.75) is 38.7 Å². The van der Waals surface area contributed by atoms with Crippen LogP contribution in [-0.2, 0) is 4.74 Å².